The molecule has 1 saturated carbocycles. The fraction of sp³-hybridized carbons (Fsp3) is 0.750. The van der Waals surface area contributed by atoms with Gasteiger partial charge in [0.05, 0.1) is 0 Å². The second-order valence-corrected chi connectivity index (χ2v) is 5.56. The van der Waals surface area contributed by atoms with E-state index >= 15 is 0 Å². The van der Waals surface area contributed by atoms with Gasteiger partial charge in [-0.15, -0.1) is 0 Å². The Hall–Kier alpha value is -1.16. The van der Waals surface area contributed by atoms with Crippen LogP contribution in [0.3, 0.4) is 0 Å². The summed E-state index contributed by atoms with van der Waals surface area (Å²) in [6, 6.07) is 2.05. The van der Waals surface area contributed by atoms with Gasteiger partial charge in [0.2, 0.25) is 0 Å². The maximum absolute atomic E-state index is 6.14. The fourth-order valence-corrected chi connectivity index (χ4v) is 3.05. The lowest BCUT2D eigenvalue weighted by atomic mass is 9.83. The number of nitrogens with one attached hydrogen (secondary N) is 1. The van der Waals surface area contributed by atoms with E-state index in [0.29, 0.717) is 0 Å². The van der Waals surface area contributed by atoms with E-state index < -0.39 is 0 Å². The summed E-state index contributed by atoms with van der Waals surface area (Å²) in [6.07, 6.45) is 7.88. The molecule has 4 nitrogen and oxygen atoms in total. The van der Waals surface area contributed by atoms with Crippen LogP contribution in [-0.2, 0) is 16.8 Å². The van der Waals surface area contributed by atoms with Crippen LogP contribution in [0.15, 0.2) is 6.07 Å². The monoisotopic (exact) mass is 277 g/mol. The summed E-state index contributed by atoms with van der Waals surface area (Å²) in [5.74, 6) is 1.79. The Morgan fingerprint density at radius 2 is 1.95 bits per heavy atom. The zero-order valence-electron chi connectivity index (χ0n) is 13.0. The number of aromatic nitrogens is 2. The normalized spacial score (nSPS) is 17.9. The first-order valence-corrected chi connectivity index (χ1v) is 7.94. The first-order valence-electron chi connectivity index (χ1n) is 7.94. The predicted octanol–water partition coefficient (Wildman–Crippen LogP) is 3.67. The maximum atomic E-state index is 6.14. The lowest BCUT2D eigenvalue weighted by Gasteiger charge is -2.35. The zero-order chi connectivity index (χ0) is 14.4. The second-order valence-electron chi connectivity index (χ2n) is 5.56. The smallest absolute Gasteiger partial charge is 0.162 e. The number of aryl methyl sites for hydroxylation is 1. The molecule has 1 aliphatic rings. The molecule has 1 aliphatic carbocycles. The molecule has 0 saturated heterocycles. The molecule has 20 heavy (non-hydrogen) atoms. The van der Waals surface area contributed by atoms with Gasteiger partial charge in [-0.3, -0.25) is 0 Å². The SMILES string of the molecule is CCCc1cc(NC)nc(C2(OCC)CCCCC2)n1. The van der Waals surface area contributed by atoms with Crippen LogP contribution in [0.4, 0.5) is 5.82 Å². The summed E-state index contributed by atoms with van der Waals surface area (Å²) >= 11 is 0. The van der Waals surface area contributed by atoms with E-state index in [2.05, 4.69) is 25.2 Å². The van der Waals surface area contributed by atoms with Gasteiger partial charge in [0.15, 0.2) is 5.82 Å². The molecule has 0 atom stereocenters. The fourth-order valence-electron chi connectivity index (χ4n) is 3.05. The Kier molecular flexibility index (Phi) is 5.35. The Morgan fingerprint density at radius 1 is 1.20 bits per heavy atom. The van der Waals surface area contributed by atoms with Gasteiger partial charge in [-0.05, 0) is 26.2 Å². The van der Waals surface area contributed by atoms with E-state index in [1.165, 1.54) is 19.3 Å². The van der Waals surface area contributed by atoms with Crippen LogP contribution in [0, 0.1) is 0 Å². The van der Waals surface area contributed by atoms with Crippen molar-refractivity contribution in [1.82, 2.24) is 9.97 Å². The van der Waals surface area contributed by atoms with Gasteiger partial charge in [0.1, 0.15) is 11.4 Å². The van der Waals surface area contributed by atoms with Gasteiger partial charge in [-0.1, -0.05) is 32.6 Å². The molecule has 0 spiro atoms. The van der Waals surface area contributed by atoms with Crippen molar-refractivity contribution in [3.05, 3.63) is 17.6 Å². The van der Waals surface area contributed by atoms with Crippen molar-refractivity contribution in [3.63, 3.8) is 0 Å². The van der Waals surface area contributed by atoms with Crippen molar-refractivity contribution >= 4 is 5.82 Å². The van der Waals surface area contributed by atoms with Gasteiger partial charge in [0.25, 0.3) is 0 Å². The summed E-state index contributed by atoms with van der Waals surface area (Å²) in [7, 11) is 1.91. The molecule has 0 radical (unpaired) electrons. The Balaban J connectivity index is 2.38. The molecule has 0 aliphatic heterocycles. The van der Waals surface area contributed by atoms with Crippen molar-refractivity contribution in [3.8, 4) is 0 Å². The highest BCUT2D eigenvalue weighted by Gasteiger charge is 2.37. The molecule has 1 aromatic heterocycles. The maximum Gasteiger partial charge on any atom is 0.162 e. The first kappa shape index (κ1) is 15.2. The van der Waals surface area contributed by atoms with E-state index in [9.17, 15) is 0 Å². The third kappa shape index (κ3) is 3.29. The van der Waals surface area contributed by atoms with Crippen LogP contribution in [-0.4, -0.2) is 23.6 Å². The summed E-state index contributed by atoms with van der Waals surface area (Å²) in [4.78, 5) is 9.51. The minimum Gasteiger partial charge on any atom is -0.373 e. The van der Waals surface area contributed by atoms with Crippen LogP contribution in [0.2, 0.25) is 0 Å². The molecule has 1 N–H and O–H groups in total. The summed E-state index contributed by atoms with van der Waals surface area (Å²) < 4.78 is 6.14. The average Bonchev–Trinajstić information content (AvgIpc) is 2.48. The lowest BCUT2D eigenvalue weighted by Crippen LogP contribution is -2.35. The van der Waals surface area contributed by atoms with Crippen molar-refractivity contribution in [2.75, 3.05) is 19.0 Å². The quantitative estimate of drug-likeness (QED) is 0.862. The summed E-state index contributed by atoms with van der Waals surface area (Å²) in [5, 5.41) is 3.16. The van der Waals surface area contributed by atoms with Crippen molar-refractivity contribution < 1.29 is 4.74 Å². The number of hydrogen-bond acceptors (Lipinski definition) is 4. The predicted molar refractivity (Wildman–Crippen MR) is 82.0 cm³/mol. The van der Waals surface area contributed by atoms with Gasteiger partial charge >= 0.3 is 0 Å². The van der Waals surface area contributed by atoms with Gasteiger partial charge in [-0.25, -0.2) is 9.97 Å². The molecule has 1 heterocycles. The van der Waals surface area contributed by atoms with E-state index in [4.69, 9.17) is 14.7 Å². The minimum atomic E-state index is -0.262. The van der Waals surface area contributed by atoms with Crippen LogP contribution >= 0.6 is 0 Å². The van der Waals surface area contributed by atoms with Crippen molar-refractivity contribution in [2.45, 2.75) is 64.4 Å². The molecule has 2 rings (SSSR count). The molecule has 0 bridgehead atoms. The van der Waals surface area contributed by atoms with E-state index in [0.717, 1.165) is 49.6 Å². The molecular weight excluding hydrogens is 250 g/mol. The molecule has 1 fully saturated rings. The van der Waals surface area contributed by atoms with Crippen molar-refractivity contribution in [1.29, 1.82) is 0 Å². The zero-order valence-corrected chi connectivity index (χ0v) is 13.0. The second kappa shape index (κ2) is 7.02. The number of anilines is 1. The van der Waals surface area contributed by atoms with Gasteiger partial charge < -0.3 is 10.1 Å². The van der Waals surface area contributed by atoms with Gasteiger partial charge in [-0.2, -0.15) is 0 Å². The molecule has 112 valence electrons. The standard InChI is InChI=1S/C16H27N3O/c1-4-9-13-12-14(17-3)19-15(18-13)16(20-5-2)10-7-6-8-11-16/h12H,4-11H2,1-3H3,(H,17,18,19). The molecular formula is C16H27N3O. The highest BCUT2D eigenvalue weighted by molar-refractivity contribution is 5.36. The molecule has 0 aromatic carbocycles. The third-order valence-corrected chi connectivity index (χ3v) is 4.03. The van der Waals surface area contributed by atoms with Crippen LogP contribution < -0.4 is 5.32 Å². The lowest BCUT2D eigenvalue weighted by molar-refractivity contribution is -0.0767. The Labute approximate surface area is 122 Å². The Morgan fingerprint density at radius 3 is 2.55 bits per heavy atom. The highest BCUT2D eigenvalue weighted by atomic mass is 16.5. The number of ether oxygens (including phenoxy) is 1. The van der Waals surface area contributed by atoms with Gasteiger partial charge in [0, 0.05) is 25.4 Å². The molecule has 1 aromatic rings. The van der Waals surface area contributed by atoms with Crippen molar-refractivity contribution in [2.24, 2.45) is 0 Å². The molecule has 0 unspecified atom stereocenters. The Bertz CT molecular complexity index is 422. The van der Waals surface area contributed by atoms with E-state index in [-0.39, 0.29) is 5.60 Å². The van der Waals surface area contributed by atoms with Crippen LogP contribution in [0.25, 0.3) is 0 Å². The number of rotatable bonds is 6. The van der Waals surface area contributed by atoms with Crippen LogP contribution in [0.5, 0.6) is 0 Å². The molecule has 0 amide bonds. The minimum absolute atomic E-state index is 0.262. The first-order chi connectivity index (χ1) is 9.74. The highest BCUT2D eigenvalue weighted by Crippen LogP contribution is 2.39. The topological polar surface area (TPSA) is 47.0 Å². The van der Waals surface area contributed by atoms with E-state index in [1.54, 1.807) is 0 Å². The third-order valence-electron chi connectivity index (χ3n) is 4.03. The number of nitrogens with zero attached hydrogens (tertiary/aromatic N) is 2. The average molecular weight is 277 g/mol. The van der Waals surface area contributed by atoms with Crippen LogP contribution in [0.1, 0.15) is 63.9 Å². The summed E-state index contributed by atoms with van der Waals surface area (Å²) in [6.45, 7) is 4.96. The summed E-state index contributed by atoms with van der Waals surface area (Å²) in [5.41, 5.74) is 0.856. The number of hydrogen-bond donors (Lipinski definition) is 1. The van der Waals surface area contributed by atoms with E-state index in [1.807, 2.05) is 7.05 Å². The molecule has 4 heteroatoms. The largest absolute Gasteiger partial charge is 0.373 e.